The molecule has 0 radical (unpaired) electrons. The standard InChI is InChI=1S/C5H9N5/c1-10-8-5(7-9-10)4-2-3-6-4/h4,6H,2-3H2,1H3. The van der Waals surface area contributed by atoms with Crippen molar-refractivity contribution in [1.29, 1.82) is 0 Å². The van der Waals surface area contributed by atoms with Crippen LogP contribution in [0.1, 0.15) is 18.3 Å². The van der Waals surface area contributed by atoms with E-state index in [2.05, 4.69) is 20.7 Å². The van der Waals surface area contributed by atoms with Gasteiger partial charge in [-0.05, 0) is 18.2 Å². The number of hydrogen-bond donors (Lipinski definition) is 1. The molecule has 1 saturated heterocycles. The lowest BCUT2D eigenvalue weighted by Gasteiger charge is -2.23. The van der Waals surface area contributed by atoms with Gasteiger partial charge in [0, 0.05) is 0 Å². The summed E-state index contributed by atoms with van der Waals surface area (Å²) in [6.07, 6.45) is 1.13. The molecule has 0 amide bonds. The van der Waals surface area contributed by atoms with Crippen LogP contribution in [0.3, 0.4) is 0 Å². The molecule has 1 N–H and O–H groups in total. The molecule has 1 aliphatic rings. The Kier molecular flexibility index (Phi) is 1.17. The largest absolute Gasteiger partial charge is 0.307 e. The number of aryl methyl sites for hydroxylation is 1. The summed E-state index contributed by atoms with van der Waals surface area (Å²) in [5, 5.41) is 14.9. The lowest BCUT2D eigenvalue weighted by atomic mass is 10.1. The molecular formula is C5H9N5. The molecule has 0 spiro atoms. The zero-order chi connectivity index (χ0) is 6.97. The van der Waals surface area contributed by atoms with Crippen LogP contribution in [0.15, 0.2) is 0 Å². The van der Waals surface area contributed by atoms with Crippen molar-refractivity contribution in [3.63, 3.8) is 0 Å². The van der Waals surface area contributed by atoms with Crippen molar-refractivity contribution in [2.24, 2.45) is 7.05 Å². The highest BCUT2D eigenvalue weighted by atomic mass is 15.6. The van der Waals surface area contributed by atoms with Gasteiger partial charge in [0.1, 0.15) is 0 Å². The van der Waals surface area contributed by atoms with E-state index in [0.29, 0.717) is 6.04 Å². The van der Waals surface area contributed by atoms with E-state index >= 15 is 0 Å². The second-order valence-corrected chi connectivity index (χ2v) is 2.43. The van der Waals surface area contributed by atoms with E-state index in [1.807, 2.05) is 0 Å². The first-order chi connectivity index (χ1) is 4.86. The first-order valence-electron chi connectivity index (χ1n) is 3.33. The first-order valence-corrected chi connectivity index (χ1v) is 3.33. The van der Waals surface area contributed by atoms with Gasteiger partial charge in [0.15, 0.2) is 5.82 Å². The quantitative estimate of drug-likeness (QED) is 0.556. The fourth-order valence-electron chi connectivity index (χ4n) is 0.947. The summed E-state index contributed by atoms with van der Waals surface area (Å²) < 4.78 is 0. The minimum Gasteiger partial charge on any atom is -0.307 e. The van der Waals surface area contributed by atoms with Gasteiger partial charge >= 0.3 is 0 Å². The van der Waals surface area contributed by atoms with Crippen molar-refractivity contribution >= 4 is 0 Å². The van der Waals surface area contributed by atoms with Gasteiger partial charge in [0.25, 0.3) is 0 Å². The van der Waals surface area contributed by atoms with Gasteiger partial charge < -0.3 is 5.32 Å². The number of aromatic nitrogens is 4. The molecule has 54 valence electrons. The van der Waals surface area contributed by atoms with E-state index in [0.717, 1.165) is 18.8 Å². The third-order valence-electron chi connectivity index (χ3n) is 1.66. The van der Waals surface area contributed by atoms with Crippen LogP contribution in [0.4, 0.5) is 0 Å². The highest BCUT2D eigenvalue weighted by molar-refractivity contribution is 4.94. The summed E-state index contributed by atoms with van der Waals surface area (Å²) >= 11 is 0. The maximum absolute atomic E-state index is 4.06. The van der Waals surface area contributed by atoms with Gasteiger partial charge in [-0.1, -0.05) is 0 Å². The molecule has 0 saturated carbocycles. The molecule has 0 aliphatic carbocycles. The van der Waals surface area contributed by atoms with Gasteiger partial charge in [0.05, 0.1) is 13.1 Å². The van der Waals surface area contributed by atoms with Gasteiger partial charge in [-0.2, -0.15) is 4.80 Å². The Labute approximate surface area is 58.4 Å². The summed E-state index contributed by atoms with van der Waals surface area (Å²) in [6.45, 7) is 1.07. The zero-order valence-electron chi connectivity index (χ0n) is 5.78. The van der Waals surface area contributed by atoms with Crippen LogP contribution >= 0.6 is 0 Å². The van der Waals surface area contributed by atoms with Crippen LogP contribution in [-0.4, -0.2) is 26.8 Å². The van der Waals surface area contributed by atoms with E-state index in [9.17, 15) is 0 Å². The van der Waals surface area contributed by atoms with Gasteiger partial charge in [-0.25, -0.2) is 0 Å². The number of nitrogens with zero attached hydrogens (tertiary/aromatic N) is 4. The van der Waals surface area contributed by atoms with Gasteiger partial charge in [-0.3, -0.25) is 0 Å². The molecule has 2 rings (SSSR count). The molecular weight excluding hydrogens is 130 g/mol. The maximum atomic E-state index is 4.06. The average molecular weight is 139 g/mol. The normalized spacial score (nSPS) is 24.3. The third-order valence-corrected chi connectivity index (χ3v) is 1.66. The van der Waals surface area contributed by atoms with Crippen molar-refractivity contribution in [3.8, 4) is 0 Å². The van der Waals surface area contributed by atoms with Crippen molar-refractivity contribution in [3.05, 3.63) is 5.82 Å². The highest BCUT2D eigenvalue weighted by Gasteiger charge is 2.22. The topological polar surface area (TPSA) is 55.6 Å². The van der Waals surface area contributed by atoms with Crippen LogP contribution in [0.5, 0.6) is 0 Å². The van der Waals surface area contributed by atoms with Crippen molar-refractivity contribution in [2.45, 2.75) is 12.5 Å². The summed E-state index contributed by atoms with van der Waals surface area (Å²) in [5.41, 5.74) is 0. The second-order valence-electron chi connectivity index (χ2n) is 2.43. The molecule has 1 aromatic rings. The Balaban J connectivity index is 2.17. The average Bonchev–Trinajstić information content (AvgIpc) is 2.10. The van der Waals surface area contributed by atoms with Crippen LogP contribution in [0.25, 0.3) is 0 Å². The molecule has 5 heteroatoms. The summed E-state index contributed by atoms with van der Waals surface area (Å²) in [7, 11) is 1.77. The van der Waals surface area contributed by atoms with Gasteiger partial charge in [-0.15, -0.1) is 10.2 Å². The molecule has 1 aromatic heterocycles. The summed E-state index contributed by atoms with van der Waals surface area (Å²) in [6, 6.07) is 0.355. The lowest BCUT2D eigenvalue weighted by Crippen LogP contribution is -2.35. The third kappa shape index (κ3) is 0.786. The van der Waals surface area contributed by atoms with Crippen LogP contribution < -0.4 is 5.32 Å². The zero-order valence-corrected chi connectivity index (χ0v) is 5.78. The van der Waals surface area contributed by atoms with Crippen molar-refractivity contribution in [1.82, 2.24) is 25.5 Å². The van der Waals surface area contributed by atoms with Crippen molar-refractivity contribution in [2.75, 3.05) is 6.54 Å². The van der Waals surface area contributed by atoms with Crippen LogP contribution in [0.2, 0.25) is 0 Å². The molecule has 2 heterocycles. The number of tetrazole rings is 1. The Morgan fingerprint density at radius 3 is 2.90 bits per heavy atom. The number of hydrogen-bond acceptors (Lipinski definition) is 4. The van der Waals surface area contributed by atoms with E-state index < -0.39 is 0 Å². The van der Waals surface area contributed by atoms with Crippen molar-refractivity contribution < 1.29 is 0 Å². The number of nitrogens with one attached hydrogen (secondary N) is 1. The van der Waals surface area contributed by atoms with E-state index in [1.54, 1.807) is 7.05 Å². The number of rotatable bonds is 1. The van der Waals surface area contributed by atoms with Gasteiger partial charge in [0.2, 0.25) is 0 Å². The fourth-order valence-corrected chi connectivity index (χ4v) is 0.947. The Morgan fingerprint density at radius 1 is 1.70 bits per heavy atom. The van der Waals surface area contributed by atoms with Crippen LogP contribution in [0, 0.1) is 0 Å². The summed E-state index contributed by atoms with van der Waals surface area (Å²) in [5.74, 6) is 0.814. The fraction of sp³-hybridized carbons (Fsp3) is 0.800. The van der Waals surface area contributed by atoms with E-state index in [4.69, 9.17) is 0 Å². The molecule has 1 fully saturated rings. The Bertz CT molecular complexity index is 226. The molecule has 1 unspecified atom stereocenters. The van der Waals surface area contributed by atoms with E-state index in [1.165, 1.54) is 4.80 Å². The molecule has 0 bridgehead atoms. The lowest BCUT2D eigenvalue weighted by molar-refractivity contribution is 0.365. The maximum Gasteiger partial charge on any atom is 0.191 e. The minimum atomic E-state index is 0.355. The predicted octanol–water partition coefficient (Wildman–Crippen LogP) is -0.756. The molecule has 5 nitrogen and oxygen atoms in total. The Hall–Kier alpha value is -0.970. The smallest absolute Gasteiger partial charge is 0.191 e. The Morgan fingerprint density at radius 2 is 2.50 bits per heavy atom. The van der Waals surface area contributed by atoms with E-state index in [-0.39, 0.29) is 0 Å². The molecule has 10 heavy (non-hydrogen) atoms. The van der Waals surface area contributed by atoms with Crippen LogP contribution in [-0.2, 0) is 7.05 Å². The summed E-state index contributed by atoms with van der Waals surface area (Å²) in [4.78, 5) is 1.48. The predicted molar refractivity (Wildman–Crippen MR) is 34.2 cm³/mol. The second kappa shape index (κ2) is 2.02. The SMILES string of the molecule is Cn1nnc(C2CCN2)n1. The molecule has 1 atom stereocenters. The molecule has 0 aromatic carbocycles. The molecule has 1 aliphatic heterocycles. The highest BCUT2D eigenvalue weighted by Crippen LogP contribution is 2.17. The minimum absolute atomic E-state index is 0.355. The first kappa shape index (κ1) is 5.79. The monoisotopic (exact) mass is 139 g/mol.